The summed E-state index contributed by atoms with van der Waals surface area (Å²) in [6, 6.07) is 10.9. The predicted octanol–water partition coefficient (Wildman–Crippen LogP) is 8.35. The summed E-state index contributed by atoms with van der Waals surface area (Å²) in [7, 11) is 0. The summed E-state index contributed by atoms with van der Waals surface area (Å²) in [5.41, 5.74) is 0.803. The molecule has 0 aromatic heterocycles. The summed E-state index contributed by atoms with van der Waals surface area (Å²) >= 11 is 0. The molecule has 6 heteroatoms. The highest BCUT2D eigenvalue weighted by Crippen LogP contribution is 2.35. The van der Waals surface area contributed by atoms with E-state index in [-0.39, 0.29) is 17.1 Å². The van der Waals surface area contributed by atoms with Crippen molar-refractivity contribution in [2.24, 2.45) is 11.8 Å². The van der Waals surface area contributed by atoms with E-state index in [9.17, 15) is 17.6 Å². The largest absolute Gasteiger partial charge is 0.435 e. The highest BCUT2D eigenvalue weighted by molar-refractivity contribution is 5.32. The number of benzene rings is 2. The van der Waals surface area contributed by atoms with Crippen LogP contribution in [0.3, 0.4) is 0 Å². The van der Waals surface area contributed by atoms with Crippen molar-refractivity contribution in [2.45, 2.75) is 77.4 Å². The first kappa shape index (κ1) is 24.4. The van der Waals surface area contributed by atoms with Crippen LogP contribution in [0.15, 0.2) is 48.5 Å². The van der Waals surface area contributed by atoms with Gasteiger partial charge in [-0.05, 0) is 66.6 Å². The second-order valence-electron chi connectivity index (χ2n) is 8.73. The molecular formula is C26H32F4O2. The van der Waals surface area contributed by atoms with Gasteiger partial charge in [-0.3, -0.25) is 0 Å². The molecule has 0 N–H and O–H groups in total. The number of halogens is 4. The molecule has 0 heterocycles. The topological polar surface area (TPSA) is 18.5 Å². The van der Waals surface area contributed by atoms with Crippen molar-refractivity contribution in [1.29, 1.82) is 0 Å². The molecule has 0 atom stereocenters. The van der Waals surface area contributed by atoms with E-state index in [1.165, 1.54) is 69.2 Å². The van der Waals surface area contributed by atoms with Crippen LogP contribution in [-0.4, -0.2) is 6.61 Å². The molecule has 2 aromatic rings. The van der Waals surface area contributed by atoms with Crippen molar-refractivity contribution in [2.75, 3.05) is 0 Å². The monoisotopic (exact) mass is 452 g/mol. The Morgan fingerprint density at radius 2 is 1.41 bits per heavy atom. The molecule has 176 valence electrons. The lowest BCUT2D eigenvalue weighted by atomic mass is 9.78. The fraction of sp³-hybridized carbons (Fsp3) is 0.538. The van der Waals surface area contributed by atoms with Crippen molar-refractivity contribution < 1.29 is 27.0 Å². The van der Waals surface area contributed by atoms with Gasteiger partial charge < -0.3 is 9.47 Å². The quantitative estimate of drug-likeness (QED) is 0.319. The minimum absolute atomic E-state index is 0.116. The Labute approximate surface area is 187 Å². The first-order chi connectivity index (χ1) is 15.4. The van der Waals surface area contributed by atoms with Gasteiger partial charge in [-0.2, -0.15) is 17.6 Å². The maximum atomic E-state index is 14.5. The van der Waals surface area contributed by atoms with Crippen LogP contribution >= 0.6 is 0 Å². The second-order valence-corrected chi connectivity index (χ2v) is 8.73. The average Bonchev–Trinajstić information content (AvgIpc) is 2.78. The van der Waals surface area contributed by atoms with E-state index in [1.807, 2.05) is 0 Å². The van der Waals surface area contributed by atoms with Crippen LogP contribution < -0.4 is 9.47 Å². The van der Waals surface area contributed by atoms with Gasteiger partial charge in [0.05, 0.1) is 5.56 Å². The van der Waals surface area contributed by atoms with Crippen molar-refractivity contribution >= 4 is 0 Å². The molecule has 0 saturated heterocycles. The molecule has 1 aliphatic rings. The summed E-state index contributed by atoms with van der Waals surface area (Å²) in [5.74, 6) is 1.37. The number of aryl methyl sites for hydroxylation is 1. The summed E-state index contributed by atoms with van der Waals surface area (Å²) < 4.78 is 62.4. The third kappa shape index (κ3) is 7.42. The van der Waals surface area contributed by atoms with Gasteiger partial charge in [0.15, 0.2) is 0 Å². The van der Waals surface area contributed by atoms with Crippen LogP contribution in [0.5, 0.6) is 11.5 Å². The minimum atomic E-state index is -3.53. The lowest BCUT2D eigenvalue weighted by Crippen LogP contribution is -2.21. The van der Waals surface area contributed by atoms with E-state index < -0.39 is 12.7 Å². The van der Waals surface area contributed by atoms with Gasteiger partial charge in [0, 0.05) is 0 Å². The molecular weight excluding hydrogens is 420 g/mol. The highest BCUT2D eigenvalue weighted by atomic mass is 19.3. The average molecular weight is 453 g/mol. The van der Waals surface area contributed by atoms with Gasteiger partial charge >= 0.3 is 12.7 Å². The van der Waals surface area contributed by atoms with Crippen LogP contribution in [0.4, 0.5) is 17.6 Å². The van der Waals surface area contributed by atoms with E-state index in [0.717, 1.165) is 42.4 Å². The van der Waals surface area contributed by atoms with Gasteiger partial charge in [-0.1, -0.05) is 64.0 Å². The molecule has 1 aliphatic carbocycles. The summed E-state index contributed by atoms with van der Waals surface area (Å²) in [6.45, 7) is -0.729. The van der Waals surface area contributed by atoms with Crippen molar-refractivity contribution in [1.82, 2.24) is 0 Å². The maximum absolute atomic E-state index is 14.5. The van der Waals surface area contributed by atoms with E-state index in [2.05, 4.69) is 11.7 Å². The number of ether oxygens (including phenoxy) is 2. The Morgan fingerprint density at radius 3 is 1.97 bits per heavy atom. The van der Waals surface area contributed by atoms with Gasteiger partial charge in [0.25, 0.3) is 0 Å². The van der Waals surface area contributed by atoms with E-state index in [0.29, 0.717) is 0 Å². The first-order valence-corrected chi connectivity index (χ1v) is 11.6. The Kier molecular flexibility index (Phi) is 8.83. The Morgan fingerprint density at radius 1 is 0.844 bits per heavy atom. The lowest BCUT2D eigenvalue weighted by molar-refractivity contribution is -0.185. The van der Waals surface area contributed by atoms with Crippen LogP contribution in [-0.2, 0) is 12.5 Å². The summed E-state index contributed by atoms with van der Waals surface area (Å²) in [6.07, 6.45) is 7.61. The standard InChI is InChI=1S/C26H32F4O2/c1-2-3-4-19-5-7-20(8-6-19)9-10-21-11-13-22(14-12-21)26(29,30)32-24-17-15-23(16-18-24)31-25(27)28/h11-20,25H,2-10H2,1H3/t19-,20-. The molecule has 2 nitrogen and oxygen atoms in total. The maximum Gasteiger partial charge on any atom is 0.426 e. The molecule has 2 aromatic carbocycles. The molecule has 0 aliphatic heterocycles. The third-order valence-electron chi connectivity index (χ3n) is 6.36. The van der Waals surface area contributed by atoms with Crippen molar-refractivity contribution in [3.63, 3.8) is 0 Å². The highest BCUT2D eigenvalue weighted by Gasteiger charge is 2.34. The normalized spacial score (nSPS) is 19.2. The number of hydrogen-bond donors (Lipinski definition) is 0. The van der Waals surface area contributed by atoms with Crippen LogP contribution in [0.25, 0.3) is 0 Å². The van der Waals surface area contributed by atoms with Gasteiger partial charge in [0.2, 0.25) is 0 Å². The zero-order chi connectivity index (χ0) is 23.0. The van der Waals surface area contributed by atoms with Crippen LogP contribution in [0.1, 0.15) is 69.4 Å². The van der Waals surface area contributed by atoms with E-state index in [1.54, 1.807) is 12.1 Å². The lowest BCUT2D eigenvalue weighted by Gasteiger charge is -2.28. The van der Waals surface area contributed by atoms with Crippen molar-refractivity contribution in [3.05, 3.63) is 59.7 Å². The Balaban J connectivity index is 1.48. The smallest absolute Gasteiger partial charge is 0.426 e. The van der Waals surface area contributed by atoms with Crippen LogP contribution in [0.2, 0.25) is 0 Å². The summed E-state index contributed by atoms with van der Waals surface area (Å²) in [4.78, 5) is 0. The fourth-order valence-electron chi connectivity index (χ4n) is 4.43. The Hall–Kier alpha value is -2.24. The zero-order valence-electron chi connectivity index (χ0n) is 18.5. The third-order valence-corrected chi connectivity index (χ3v) is 6.36. The second kappa shape index (κ2) is 11.6. The molecule has 0 unspecified atom stereocenters. The molecule has 0 radical (unpaired) electrons. The zero-order valence-corrected chi connectivity index (χ0v) is 18.5. The number of alkyl halides is 4. The Bertz CT molecular complexity index is 798. The number of hydrogen-bond acceptors (Lipinski definition) is 2. The van der Waals surface area contributed by atoms with Crippen molar-refractivity contribution in [3.8, 4) is 11.5 Å². The predicted molar refractivity (Wildman–Crippen MR) is 117 cm³/mol. The van der Waals surface area contributed by atoms with Gasteiger partial charge in [0.1, 0.15) is 11.5 Å². The number of rotatable bonds is 11. The van der Waals surface area contributed by atoms with E-state index in [4.69, 9.17) is 4.74 Å². The number of unbranched alkanes of at least 4 members (excludes halogenated alkanes) is 1. The molecule has 3 rings (SSSR count). The SMILES string of the molecule is CCCC[C@H]1CC[C@H](CCc2ccc(C(F)(F)Oc3ccc(OC(F)F)cc3)cc2)CC1. The molecule has 1 saturated carbocycles. The molecule has 0 bridgehead atoms. The van der Waals surface area contributed by atoms with Gasteiger partial charge in [-0.15, -0.1) is 0 Å². The summed E-state index contributed by atoms with van der Waals surface area (Å²) in [5, 5.41) is 0. The van der Waals surface area contributed by atoms with Crippen LogP contribution in [0, 0.1) is 11.8 Å². The molecule has 0 spiro atoms. The molecule has 0 amide bonds. The minimum Gasteiger partial charge on any atom is -0.435 e. The fourth-order valence-corrected chi connectivity index (χ4v) is 4.43. The molecule has 1 fully saturated rings. The van der Waals surface area contributed by atoms with E-state index >= 15 is 0 Å². The van der Waals surface area contributed by atoms with Gasteiger partial charge in [-0.25, -0.2) is 0 Å². The first-order valence-electron chi connectivity index (χ1n) is 11.6. The molecule has 32 heavy (non-hydrogen) atoms.